The molecule has 0 unspecified atom stereocenters. The number of benzene rings is 1. The highest BCUT2D eigenvalue weighted by Gasteiger charge is 2.33. The summed E-state index contributed by atoms with van der Waals surface area (Å²) < 4.78 is 37.4. The maximum absolute atomic E-state index is 12.8. The molecule has 1 aromatic carbocycles. The van der Waals surface area contributed by atoms with Crippen LogP contribution in [0.25, 0.3) is 0 Å². The van der Waals surface area contributed by atoms with Crippen LogP contribution in [0.4, 0.5) is 0 Å². The number of carbonyl (C=O) groups excluding carboxylic acids is 2. The highest BCUT2D eigenvalue weighted by atomic mass is 32.2. The fourth-order valence-electron chi connectivity index (χ4n) is 3.37. The van der Waals surface area contributed by atoms with Crippen molar-refractivity contribution in [2.24, 2.45) is 5.92 Å². The first-order chi connectivity index (χ1) is 14.6. The Kier molecular flexibility index (Phi) is 8.35. The Morgan fingerprint density at radius 2 is 1.74 bits per heavy atom. The number of piperidine rings is 1. The summed E-state index contributed by atoms with van der Waals surface area (Å²) in [7, 11) is -3.68. The van der Waals surface area contributed by atoms with Crippen molar-refractivity contribution in [1.29, 1.82) is 5.41 Å². The molecule has 2 N–H and O–H groups in total. The summed E-state index contributed by atoms with van der Waals surface area (Å²) in [6.07, 6.45) is 0.561. The molecule has 1 saturated heterocycles. The van der Waals surface area contributed by atoms with Crippen molar-refractivity contribution in [3.63, 3.8) is 0 Å². The Hall–Kier alpha value is -2.72. The van der Waals surface area contributed by atoms with Crippen LogP contribution in [-0.2, 0) is 24.3 Å². The predicted molar refractivity (Wildman–Crippen MR) is 114 cm³/mol. The van der Waals surface area contributed by atoms with Gasteiger partial charge in [-0.15, -0.1) is 0 Å². The second-order valence-electron chi connectivity index (χ2n) is 7.19. The van der Waals surface area contributed by atoms with Gasteiger partial charge in [-0.1, -0.05) is 0 Å². The molecule has 1 aliphatic heterocycles. The van der Waals surface area contributed by atoms with Gasteiger partial charge in [-0.2, -0.15) is 4.31 Å². The van der Waals surface area contributed by atoms with Crippen molar-refractivity contribution in [2.45, 2.75) is 38.5 Å². The van der Waals surface area contributed by atoms with Crippen LogP contribution in [0.1, 0.15) is 33.6 Å². The van der Waals surface area contributed by atoms with Crippen LogP contribution in [0.5, 0.6) is 5.75 Å². The van der Waals surface area contributed by atoms with Gasteiger partial charge in [0.1, 0.15) is 18.1 Å². The van der Waals surface area contributed by atoms with Gasteiger partial charge in [0.05, 0.1) is 23.0 Å². The van der Waals surface area contributed by atoms with Crippen LogP contribution in [0.15, 0.2) is 40.5 Å². The van der Waals surface area contributed by atoms with Crippen molar-refractivity contribution < 1.29 is 32.6 Å². The molecule has 1 fully saturated rings. The van der Waals surface area contributed by atoms with Gasteiger partial charge in [0, 0.05) is 18.8 Å². The van der Waals surface area contributed by atoms with Crippen molar-refractivity contribution in [1.82, 2.24) is 4.31 Å². The Morgan fingerprint density at radius 3 is 2.23 bits per heavy atom. The summed E-state index contributed by atoms with van der Waals surface area (Å²) in [6, 6.07) is 6.19. The van der Waals surface area contributed by atoms with Gasteiger partial charge in [0.2, 0.25) is 10.0 Å². The average Bonchev–Trinajstić information content (AvgIpc) is 2.72. The number of carbonyl (C=O) groups is 2. The number of hydrogen-bond donors (Lipinski definition) is 2. The highest BCUT2D eigenvalue weighted by Crippen LogP contribution is 2.26. The minimum Gasteiger partial charge on any atom is -0.508 e. The van der Waals surface area contributed by atoms with Crippen molar-refractivity contribution in [3.05, 3.63) is 35.6 Å². The number of aliphatic hydroxyl groups excluding tert-OH is 1. The maximum atomic E-state index is 12.8. The first-order valence-corrected chi connectivity index (χ1v) is 11.4. The number of hydrogen-bond acceptors (Lipinski definition) is 8. The van der Waals surface area contributed by atoms with Gasteiger partial charge in [-0.3, -0.25) is 9.59 Å². The van der Waals surface area contributed by atoms with Gasteiger partial charge in [-0.05, 0) is 57.9 Å². The fourth-order valence-corrected chi connectivity index (χ4v) is 4.84. The summed E-state index contributed by atoms with van der Waals surface area (Å²) >= 11 is 0. The number of esters is 1. The molecule has 0 aromatic heterocycles. The molecule has 0 saturated carbocycles. The molecule has 0 bridgehead atoms. The van der Waals surface area contributed by atoms with Crippen molar-refractivity contribution >= 4 is 27.5 Å². The van der Waals surface area contributed by atoms with E-state index in [0.29, 0.717) is 12.4 Å². The van der Waals surface area contributed by atoms with Gasteiger partial charge in [0.25, 0.3) is 0 Å². The van der Waals surface area contributed by atoms with E-state index in [1.807, 2.05) is 6.92 Å². The number of nitrogens with zero attached hydrogens (tertiary/aromatic N) is 1. The smallest absolute Gasteiger partial charge is 0.309 e. The second kappa shape index (κ2) is 10.5. The van der Waals surface area contributed by atoms with E-state index in [1.165, 1.54) is 30.3 Å². The third-order valence-corrected chi connectivity index (χ3v) is 6.84. The SMILES string of the molecule is CCOc1ccc(S(=O)(=O)N2CCC(C(=O)OC/C(O)=C(\C(C)=N)C(C)=O)CC2)cc1. The van der Waals surface area contributed by atoms with E-state index in [9.17, 15) is 23.1 Å². The Balaban J connectivity index is 1.95. The number of ketones is 1. The molecular weight excluding hydrogens is 424 g/mol. The second-order valence-corrected chi connectivity index (χ2v) is 9.13. The minimum atomic E-state index is -3.68. The number of aliphatic hydroxyl groups is 1. The Labute approximate surface area is 182 Å². The van der Waals surface area contributed by atoms with E-state index in [-0.39, 0.29) is 42.1 Å². The predicted octanol–water partition coefficient (Wildman–Crippen LogP) is 2.47. The third-order valence-electron chi connectivity index (χ3n) is 4.93. The molecule has 2 rings (SSSR count). The lowest BCUT2D eigenvalue weighted by atomic mass is 9.98. The lowest BCUT2D eigenvalue weighted by molar-refractivity contribution is -0.149. The summed E-state index contributed by atoms with van der Waals surface area (Å²) in [6.45, 7) is 4.72. The quantitative estimate of drug-likeness (QED) is 0.254. The van der Waals surface area contributed by atoms with Gasteiger partial charge >= 0.3 is 5.97 Å². The zero-order valence-corrected chi connectivity index (χ0v) is 18.7. The number of ether oxygens (including phenoxy) is 2. The largest absolute Gasteiger partial charge is 0.508 e. The van der Waals surface area contributed by atoms with Crippen LogP contribution in [-0.4, -0.2) is 61.6 Å². The van der Waals surface area contributed by atoms with Crippen LogP contribution in [0.3, 0.4) is 0 Å². The minimum absolute atomic E-state index is 0.117. The number of allylic oxidation sites excluding steroid dienone is 1. The lowest BCUT2D eigenvalue weighted by Crippen LogP contribution is -2.40. The molecule has 31 heavy (non-hydrogen) atoms. The number of rotatable bonds is 9. The van der Waals surface area contributed by atoms with Crippen LogP contribution in [0.2, 0.25) is 0 Å². The first kappa shape index (κ1) is 24.5. The number of nitrogens with one attached hydrogen (secondary N) is 1. The normalized spacial score (nSPS) is 16.4. The standard InChI is InChI=1S/C21H28N2O7S/c1-4-29-17-5-7-18(8-6-17)31(27,28)23-11-9-16(10-12-23)21(26)30-13-19(25)20(14(2)22)15(3)24/h5-8,16,22,25H,4,9-13H2,1-3H3/b20-19-,22-14?. The summed E-state index contributed by atoms with van der Waals surface area (Å²) in [4.78, 5) is 24.0. The van der Waals surface area contributed by atoms with E-state index >= 15 is 0 Å². The number of Topliss-reactive ketones (excluding diaryl/α,β-unsaturated/α-hetero) is 1. The van der Waals surface area contributed by atoms with E-state index in [1.54, 1.807) is 12.1 Å². The third kappa shape index (κ3) is 6.14. The van der Waals surface area contributed by atoms with Gasteiger partial charge < -0.3 is 20.0 Å². The number of sulfonamides is 1. The molecular formula is C21H28N2O7S. The van der Waals surface area contributed by atoms with E-state index in [4.69, 9.17) is 14.9 Å². The molecule has 9 nitrogen and oxygen atoms in total. The Bertz CT molecular complexity index is 944. The molecule has 0 amide bonds. The van der Waals surface area contributed by atoms with E-state index in [0.717, 1.165) is 0 Å². The monoisotopic (exact) mass is 452 g/mol. The van der Waals surface area contributed by atoms with E-state index < -0.39 is 40.1 Å². The molecule has 1 heterocycles. The highest BCUT2D eigenvalue weighted by molar-refractivity contribution is 7.89. The summed E-state index contributed by atoms with van der Waals surface area (Å²) in [5.74, 6) is -1.46. The molecule has 0 radical (unpaired) electrons. The van der Waals surface area contributed by atoms with Crippen molar-refractivity contribution in [2.75, 3.05) is 26.3 Å². The summed E-state index contributed by atoms with van der Waals surface area (Å²) in [5.41, 5.74) is -0.294. The molecule has 10 heteroatoms. The van der Waals surface area contributed by atoms with Crippen LogP contribution < -0.4 is 4.74 Å². The molecule has 0 aliphatic carbocycles. The summed E-state index contributed by atoms with van der Waals surface area (Å²) in [5, 5.41) is 17.5. The van der Waals surface area contributed by atoms with Gasteiger partial charge in [-0.25, -0.2) is 8.42 Å². The molecule has 0 spiro atoms. The maximum Gasteiger partial charge on any atom is 0.309 e. The molecule has 170 valence electrons. The first-order valence-electron chi connectivity index (χ1n) is 9.96. The van der Waals surface area contributed by atoms with Crippen molar-refractivity contribution in [3.8, 4) is 5.75 Å². The topological polar surface area (TPSA) is 134 Å². The average molecular weight is 453 g/mol. The van der Waals surface area contributed by atoms with E-state index in [2.05, 4.69) is 0 Å². The molecule has 1 aliphatic rings. The lowest BCUT2D eigenvalue weighted by Gasteiger charge is -2.30. The Morgan fingerprint density at radius 1 is 1.16 bits per heavy atom. The van der Waals surface area contributed by atoms with Gasteiger partial charge in [0.15, 0.2) is 5.78 Å². The molecule has 0 atom stereocenters. The zero-order valence-electron chi connectivity index (χ0n) is 17.9. The zero-order chi connectivity index (χ0) is 23.2. The van der Waals surface area contributed by atoms with Crippen LogP contribution in [0, 0.1) is 11.3 Å². The molecule has 1 aromatic rings. The van der Waals surface area contributed by atoms with Crippen LogP contribution >= 0.6 is 0 Å². The fraction of sp³-hybridized carbons (Fsp3) is 0.476.